The van der Waals surface area contributed by atoms with Gasteiger partial charge in [-0.3, -0.25) is 4.90 Å². The van der Waals surface area contributed by atoms with Crippen molar-refractivity contribution >= 4 is 9.84 Å². The minimum absolute atomic E-state index is 0.0952. The standard InChI is InChI=1S/C11H20N2O2S/c1-9-7-10(12-2)3-5-13(9)11-4-6-16(14,15)8-11/h4,6,9-12H,3,5,7-8H2,1-2H3. The van der Waals surface area contributed by atoms with Gasteiger partial charge in [-0.2, -0.15) is 0 Å². The maximum atomic E-state index is 11.4. The molecular formula is C11H20N2O2S. The zero-order valence-electron chi connectivity index (χ0n) is 9.89. The lowest BCUT2D eigenvalue weighted by atomic mass is 9.97. The molecule has 2 aliphatic heterocycles. The Hall–Kier alpha value is -0.390. The molecule has 1 saturated heterocycles. The van der Waals surface area contributed by atoms with Gasteiger partial charge in [-0.15, -0.1) is 0 Å². The molecule has 0 spiro atoms. The number of likely N-dealkylation sites (tertiary alicyclic amines) is 1. The SMILES string of the molecule is CNC1CCN(C2C=CS(=O)(=O)C2)C(C)C1. The molecule has 0 aromatic heterocycles. The molecule has 0 aliphatic carbocycles. The minimum atomic E-state index is -2.93. The molecule has 0 aromatic rings. The molecule has 2 rings (SSSR count). The highest BCUT2D eigenvalue weighted by Gasteiger charge is 2.33. The van der Waals surface area contributed by atoms with Crippen LogP contribution in [0.2, 0.25) is 0 Å². The molecule has 0 aromatic carbocycles. The van der Waals surface area contributed by atoms with Gasteiger partial charge >= 0.3 is 0 Å². The number of nitrogens with one attached hydrogen (secondary N) is 1. The fourth-order valence-corrected chi connectivity index (χ4v) is 4.02. The number of sulfone groups is 1. The van der Waals surface area contributed by atoms with Gasteiger partial charge in [-0.25, -0.2) is 8.42 Å². The van der Waals surface area contributed by atoms with Crippen LogP contribution in [0.4, 0.5) is 0 Å². The minimum Gasteiger partial charge on any atom is -0.317 e. The third-order valence-corrected chi connectivity index (χ3v) is 5.05. The van der Waals surface area contributed by atoms with Crippen molar-refractivity contribution in [3.8, 4) is 0 Å². The molecule has 4 nitrogen and oxygen atoms in total. The lowest BCUT2D eigenvalue weighted by Gasteiger charge is -2.40. The topological polar surface area (TPSA) is 49.4 Å². The molecule has 2 heterocycles. The van der Waals surface area contributed by atoms with E-state index in [1.165, 1.54) is 5.41 Å². The number of rotatable bonds is 2. The van der Waals surface area contributed by atoms with Crippen LogP contribution < -0.4 is 5.32 Å². The average Bonchev–Trinajstić information content (AvgIpc) is 2.58. The number of nitrogens with zero attached hydrogens (tertiary/aromatic N) is 1. The van der Waals surface area contributed by atoms with Crippen LogP contribution in [0.15, 0.2) is 11.5 Å². The molecular weight excluding hydrogens is 224 g/mol. The van der Waals surface area contributed by atoms with Crippen LogP contribution in [0.5, 0.6) is 0 Å². The molecule has 2 aliphatic rings. The van der Waals surface area contributed by atoms with Gasteiger partial charge in [0, 0.05) is 30.1 Å². The van der Waals surface area contributed by atoms with E-state index in [9.17, 15) is 8.42 Å². The van der Waals surface area contributed by atoms with Gasteiger partial charge in [0.1, 0.15) is 0 Å². The van der Waals surface area contributed by atoms with E-state index in [0.717, 1.165) is 19.4 Å². The third kappa shape index (κ3) is 2.47. The first-order valence-electron chi connectivity index (χ1n) is 5.86. The molecule has 5 heteroatoms. The lowest BCUT2D eigenvalue weighted by Crippen LogP contribution is -2.51. The van der Waals surface area contributed by atoms with E-state index in [1.54, 1.807) is 0 Å². The second-order valence-electron chi connectivity index (χ2n) is 4.82. The fourth-order valence-electron chi connectivity index (χ4n) is 2.71. The summed E-state index contributed by atoms with van der Waals surface area (Å²) in [7, 11) is -0.932. The highest BCUT2D eigenvalue weighted by Crippen LogP contribution is 2.24. The van der Waals surface area contributed by atoms with E-state index in [1.807, 2.05) is 13.1 Å². The first-order chi connectivity index (χ1) is 7.52. The highest BCUT2D eigenvalue weighted by molar-refractivity contribution is 7.94. The van der Waals surface area contributed by atoms with E-state index < -0.39 is 9.84 Å². The molecule has 16 heavy (non-hydrogen) atoms. The summed E-state index contributed by atoms with van der Waals surface area (Å²) in [5.41, 5.74) is 0. The Balaban J connectivity index is 2.00. The monoisotopic (exact) mass is 244 g/mol. The summed E-state index contributed by atoms with van der Waals surface area (Å²) in [4.78, 5) is 2.31. The van der Waals surface area contributed by atoms with Crippen molar-refractivity contribution in [3.05, 3.63) is 11.5 Å². The predicted octanol–water partition coefficient (Wildman–Crippen LogP) is 0.369. The second-order valence-corrected chi connectivity index (χ2v) is 6.75. The Bertz CT molecular complexity index is 377. The van der Waals surface area contributed by atoms with Crippen molar-refractivity contribution < 1.29 is 8.42 Å². The molecule has 0 radical (unpaired) electrons. The van der Waals surface area contributed by atoms with Gasteiger partial charge in [0.2, 0.25) is 0 Å². The van der Waals surface area contributed by atoms with Crippen molar-refractivity contribution in [1.29, 1.82) is 0 Å². The maximum Gasteiger partial charge on any atom is 0.173 e. The Labute approximate surface area is 97.6 Å². The van der Waals surface area contributed by atoms with Crippen LogP contribution in [0.1, 0.15) is 19.8 Å². The zero-order valence-corrected chi connectivity index (χ0v) is 10.7. The van der Waals surface area contributed by atoms with E-state index in [0.29, 0.717) is 12.1 Å². The third-order valence-electron chi connectivity index (χ3n) is 3.67. The molecule has 0 saturated carbocycles. The summed E-state index contributed by atoms with van der Waals surface area (Å²) in [6.45, 7) is 3.17. The van der Waals surface area contributed by atoms with Crippen molar-refractivity contribution in [3.63, 3.8) is 0 Å². The van der Waals surface area contributed by atoms with Gasteiger partial charge in [0.25, 0.3) is 0 Å². The van der Waals surface area contributed by atoms with E-state index in [4.69, 9.17) is 0 Å². The summed E-state index contributed by atoms with van der Waals surface area (Å²) < 4.78 is 22.8. The van der Waals surface area contributed by atoms with Crippen LogP contribution in [0.25, 0.3) is 0 Å². The van der Waals surface area contributed by atoms with E-state index >= 15 is 0 Å². The van der Waals surface area contributed by atoms with Crippen LogP contribution in [0.3, 0.4) is 0 Å². The molecule has 92 valence electrons. The van der Waals surface area contributed by atoms with Crippen LogP contribution in [-0.4, -0.2) is 50.8 Å². The quantitative estimate of drug-likeness (QED) is 0.762. The summed E-state index contributed by atoms with van der Waals surface area (Å²) in [5.74, 6) is 0.265. The Morgan fingerprint density at radius 3 is 2.69 bits per heavy atom. The lowest BCUT2D eigenvalue weighted by molar-refractivity contribution is 0.119. The number of hydrogen-bond donors (Lipinski definition) is 1. The summed E-state index contributed by atoms with van der Waals surface area (Å²) in [6, 6.07) is 1.13. The fraction of sp³-hybridized carbons (Fsp3) is 0.818. The van der Waals surface area contributed by atoms with Crippen molar-refractivity contribution in [1.82, 2.24) is 10.2 Å². The van der Waals surface area contributed by atoms with E-state index in [2.05, 4.69) is 17.1 Å². The molecule has 1 N–H and O–H groups in total. The highest BCUT2D eigenvalue weighted by atomic mass is 32.2. The number of hydrogen-bond acceptors (Lipinski definition) is 4. The van der Waals surface area contributed by atoms with Crippen molar-refractivity contribution in [2.75, 3.05) is 19.3 Å². The van der Waals surface area contributed by atoms with Crippen LogP contribution >= 0.6 is 0 Å². The molecule has 0 bridgehead atoms. The average molecular weight is 244 g/mol. The summed E-state index contributed by atoms with van der Waals surface area (Å²) in [6.07, 6.45) is 4.04. The van der Waals surface area contributed by atoms with Crippen LogP contribution in [-0.2, 0) is 9.84 Å². The van der Waals surface area contributed by atoms with Crippen molar-refractivity contribution in [2.45, 2.75) is 37.9 Å². The van der Waals surface area contributed by atoms with Gasteiger partial charge in [0.05, 0.1) is 5.75 Å². The molecule has 0 amide bonds. The molecule has 1 fully saturated rings. The predicted molar refractivity (Wildman–Crippen MR) is 65.0 cm³/mol. The first-order valence-corrected chi connectivity index (χ1v) is 7.57. The van der Waals surface area contributed by atoms with Crippen LogP contribution in [0, 0.1) is 0 Å². The maximum absolute atomic E-state index is 11.4. The summed E-state index contributed by atoms with van der Waals surface area (Å²) >= 11 is 0. The Kier molecular flexibility index (Phi) is 3.37. The largest absolute Gasteiger partial charge is 0.317 e. The van der Waals surface area contributed by atoms with E-state index in [-0.39, 0.29) is 11.8 Å². The summed E-state index contributed by atoms with van der Waals surface area (Å²) in [5, 5.41) is 4.67. The van der Waals surface area contributed by atoms with Gasteiger partial charge in [-0.1, -0.05) is 6.08 Å². The van der Waals surface area contributed by atoms with Gasteiger partial charge < -0.3 is 5.32 Å². The van der Waals surface area contributed by atoms with Gasteiger partial charge in [-0.05, 0) is 26.8 Å². The Morgan fingerprint density at radius 1 is 1.44 bits per heavy atom. The smallest absolute Gasteiger partial charge is 0.173 e. The second kappa shape index (κ2) is 4.47. The first kappa shape index (κ1) is 12.1. The molecule has 3 atom stereocenters. The zero-order chi connectivity index (χ0) is 11.8. The molecule has 3 unspecified atom stereocenters. The normalized spacial score (nSPS) is 39.0. The number of piperidine rings is 1. The van der Waals surface area contributed by atoms with Crippen molar-refractivity contribution in [2.24, 2.45) is 0 Å². The Morgan fingerprint density at radius 2 is 2.19 bits per heavy atom. The van der Waals surface area contributed by atoms with Gasteiger partial charge in [0.15, 0.2) is 9.84 Å².